The Labute approximate surface area is 306 Å². The van der Waals surface area contributed by atoms with Crippen LogP contribution in [-0.4, -0.2) is 9.13 Å². The molecule has 6 aromatic carbocycles. The van der Waals surface area contributed by atoms with E-state index in [1.165, 1.54) is 22.3 Å². The Morgan fingerprint density at radius 3 is 1.85 bits per heavy atom. The van der Waals surface area contributed by atoms with Crippen molar-refractivity contribution >= 4 is 66.7 Å². The van der Waals surface area contributed by atoms with Gasteiger partial charge in [-0.25, -0.2) is 0 Å². The van der Waals surface area contributed by atoms with Crippen LogP contribution in [0.2, 0.25) is 0 Å². The van der Waals surface area contributed by atoms with Crippen LogP contribution in [-0.2, 0) is 5.41 Å². The maximum absolute atomic E-state index is 10.9. The van der Waals surface area contributed by atoms with Crippen molar-refractivity contribution in [1.82, 2.24) is 9.13 Å². The van der Waals surface area contributed by atoms with Gasteiger partial charge in [-0.15, -0.1) is 0 Å². The van der Waals surface area contributed by atoms with E-state index in [0.29, 0.717) is 22.5 Å². The van der Waals surface area contributed by atoms with E-state index in [1.807, 2.05) is 61.5 Å². The third-order valence-electron chi connectivity index (χ3n) is 11.3. The van der Waals surface area contributed by atoms with Gasteiger partial charge < -0.3 is 13.6 Å². The van der Waals surface area contributed by atoms with Crippen LogP contribution in [0.3, 0.4) is 0 Å². The maximum Gasteiger partial charge on any atom is 0.137 e. The summed E-state index contributed by atoms with van der Waals surface area (Å²) in [7, 11) is 0. The van der Waals surface area contributed by atoms with Gasteiger partial charge in [-0.2, -0.15) is 10.5 Å². The number of allylic oxidation sites excluding steroid dienone is 1. The Hall–Kier alpha value is -7.08. The average molecular weight is 681 g/mol. The molecule has 0 saturated heterocycles. The van der Waals surface area contributed by atoms with Gasteiger partial charge in [-0.3, -0.25) is 0 Å². The Balaban J connectivity index is 1.33. The quantitative estimate of drug-likeness (QED) is 0.186. The summed E-state index contributed by atoms with van der Waals surface area (Å²) in [5.41, 5.74) is 12.5. The summed E-state index contributed by atoms with van der Waals surface area (Å²) >= 11 is 0. The van der Waals surface area contributed by atoms with Crippen LogP contribution >= 0.6 is 0 Å². The standard InChI is InChI=1S/C48H32N4O/c1-5-13-46-30(6-2)37-23-36-35-22-34-31-14-7-10-17-38(31)48(3,4)39(34)24-44(35)52(45(36)25-47(37)53-46)43-21-28(26-49)42(20-29(43)27-50)51-40-18-11-8-15-32(40)33-16-9-12-19-41(33)51/h5-25H,2H2,1,3-4H3/b13-5-. The Kier molecular flexibility index (Phi) is 6.35. The molecule has 1 aliphatic rings. The van der Waals surface area contributed by atoms with Gasteiger partial charge >= 0.3 is 0 Å². The molecule has 9 aromatic rings. The van der Waals surface area contributed by atoms with E-state index in [2.05, 4.69) is 114 Å². The summed E-state index contributed by atoms with van der Waals surface area (Å²) in [5, 5.41) is 27.0. The van der Waals surface area contributed by atoms with Crippen molar-refractivity contribution in [3.8, 4) is 34.6 Å². The lowest BCUT2D eigenvalue weighted by Gasteiger charge is -2.22. The molecule has 53 heavy (non-hydrogen) atoms. The molecule has 0 aliphatic heterocycles. The molecule has 10 rings (SSSR count). The lowest BCUT2D eigenvalue weighted by molar-refractivity contribution is 0.603. The molecule has 0 fully saturated rings. The van der Waals surface area contributed by atoms with Crippen LogP contribution in [0, 0.1) is 22.7 Å². The second-order valence-corrected chi connectivity index (χ2v) is 14.4. The molecular formula is C48H32N4O. The van der Waals surface area contributed by atoms with Gasteiger partial charge in [0.2, 0.25) is 0 Å². The molecule has 0 saturated carbocycles. The van der Waals surface area contributed by atoms with E-state index >= 15 is 0 Å². The normalized spacial score (nSPS) is 13.3. The molecule has 0 radical (unpaired) electrons. The molecule has 5 heteroatoms. The second-order valence-electron chi connectivity index (χ2n) is 14.4. The van der Waals surface area contributed by atoms with Gasteiger partial charge in [0, 0.05) is 44.0 Å². The van der Waals surface area contributed by atoms with Crippen molar-refractivity contribution in [3.63, 3.8) is 0 Å². The van der Waals surface area contributed by atoms with Crippen molar-refractivity contribution in [2.24, 2.45) is 0 Å². The summed E-state index contributed by atoms with van der Waals surface area (Å²) in [6.45, 7) is 10.6. The number of aromatic nitrogens is 2. The smallest absolute Gasteiger partial charge is 0.137 e. The molecule has 0 N–H and O–H groups in total. The monoisotopic (exact) mass is 680 g/mol. The minimum atomic E-state index is -0.233. The predicted molar refractivity (Wildman–Crippen MR) is 217 cm³/mol. The number of nitriles is 2. The van der Waals surface area contributed by atoms with Gasteiger partial charge in [0.1, 0.15) is 23.5 Å². The number of fused-ring (bicyclic) bond motifs is 10. The van der Waals surface area contributed by atoms with Gasteiger partial charge in [0.05, 0.1) is 44.6 Å². The molecule has 0 bridgehead atoms. The van der Waals surface area contributed by atoms with Crippen LogP contribution < -0.4 is 0 Å². The van der Waals surface area contributed by atoms with Gasteiger partial charge in [0.15, 0.2) is 0 Å². The van der Waals surface area contributed by atoms with E-state index in [0.717, 1.165) is 65.9 Å². The van der Waals surface area contributed by atoms with Gasteiger partial charge in [-0.1, -0.05) is 93.2 Å². The molecule has 0 amide bonds. The molecular weight excluding hydrogens is 649 g/mol. The first-order chi connectivity index (χ1) is 25.9. The van der Waals surface area contributed by atoms with E-state index in [9.17, 15) is 10.5 Å². The van der Waals surface area contributed by atoms with Crippen LogP contribution in [0.4, 0.5) is 0 Å². The maximum atomic E-state index is 10.9. The fourth-order valence-corrected chi connectivity index (χ4v) is 8.89. The molecule has 0 atom stereocenters. The van der Waals surface area contributed by atoms with Crippen LogP contribution in [0.25, 0.3) is 89.2 Å². The van der Waals surface area contributed by atoms with Crippen molar-refractivity contribution in [2.45, 2.75) is 26.2 Å². The Morgan fingerprint density at radius 1 is 0.623 bits per heavy atom. The number of furan rings is 1. The molecule has 3 aromatic heterocycles. The fraction of sp³-hybridized carbons (Fsp3) is 0.0833. The van der Waals surface area contributed by atoms with E-state index in [-0.39, 0.29) is 5.41 Å². The van der Waals surface area contributed by atoms with Gasteiger partial charge in [-0.05, 0) is 77.7 Å². The molecule has 250 valence electrons. The SMILES string of the molecule is C=Cc1c(/C=C\C)oc2cc3c(cc12)c1cc2c(cc1n3-c1cc(C#N)c(-n3c4ccccc4c4ccccc43)cc1C#N)C(C)(C)c1ccccc1-2. The highest BCUT2D eigenvalue weighted by atomic mass is 16.3. The summed E-state index contributed by atoms with van der Waals surface area (Å²) < 4.78 is 10.7. The van der Waals surface area contributed by atoms with Crippen LogP contribution in [0.15, 0.2) is 126 Å². The largest absolute Gasteiger partial charge is 0.456 e. The third-order valence-corrected chi connectivity index (χ3v) is 11.3. The highest BCUT2D eigenvalue weighted by molar-refractivity contribution is 6.16. The van der Waals surface area contributed by atoms with Crippen molar-refractivity contribution in [3.05, 3.63) is 155 Å². The summed E-state index contributed by atoms with van der Waals surface area (Å²) in [6, 6.07) is 42.7. The zero-order valence-electron chi connectivity index (χ0n) is 29.5. The zero-order chi connectivity index (χ0) is 36.2. The Morgan fingerprint density at radius 2 is 1.21 bits per heavy atom. The number of nitrogens with zero attached hydrogens (tertiary/aromatic N) is 4. The predicted octanol–water partition coefficient (Wildman–Crippen LogP) is 12.4. The summed E-state index contributed by atoms with van der Waals surface area (Å²) in [6.07, 6.45) is 5.77. The zero-order valence-corrected chi connectivity index (χ0v) is 29.5. The molecule has 0 spiro atoms. The van der Waals surface area contributed by atoms with E-state index in [4.69, 9.17) is 4.42 Å². The lowest BCUT2D eigenvalue weighted by Crippen LogP contribution is -2.15. The minimum absolute atomic E-state index is 0.233. The lowest BCUT2D eigenvalue weighted by atomic mass is 9.82. The Bertz CT molecular complexity index is 3150. The third kappa shape index (κ3) is 4.05. The van der Waals surface area contributed by atoms with Crippen LogP contribution in [0.1, 0.15) is 54.3 Å². The minimum Gasteiger partial charge on any atom is -0.456 e. The molecule has 1 aliphatic carbocycles. The topological polar surface area (TPSA) is 70.6 Å². The van der Waals surface area contributed by atoms with E-state index < -0.39 is 0 Å². The number of para-hydroxylation sites is 2. The van der Waals surface area contributed by atoms with E-state index in [1.54, 1.807) is 0 Å². The molecule has 5 nitrogen and oxygen atoms in total. The second kappa shape index (κ2) is 11.0. The first-order valence-corrected chi connectivity index (χ1v) is 17.8. The first kappa shape index (κ1) is 30.7. The summed E-state index contributed by atoms with van der Waals surface area (Å²) in [5.74, 6) is 0.748. The van der Waals surface area contributed by atoms with Crippen molar-refractivity contribution < 1.29 is 4.42 Å². The first-order valence-electron chi connectivity index (χ1n) is 17.8. The number of rotatable bonds is 4. The highest BCUT2D eigenvalue weighted by Gasteiger charge is 2.36. The highest BCUT2D eigenvalue weighted by Crippen LogP contribution is 2.51. The number of hydrogen-bond donors (Lipinski definition) is 0. The molecule has 0 unspecified atom stereocenters. The van der Waals surface area contributed by atoms with Crippen molar-refractivity contribution in [2.75, 3.05) is 0 Å². The van der Waals surface area contributed by atoms with Crippen LogP contribution in [0.5, 0.6) is 0 Å². The summed E-state index contributed by atoms with van der Waals surface area (Å²) in [4.78, 5) is 0. The fourth-order valence-electron chi connectivity index (χ4n) is 8.89. The number of benzene rings is 6. The average Bonchev–Trinajstić information content (AvgIpc) is 3.87. The van der Waals surface area contributed by atoms with Gasteiger partial charge in [0.25, 0.3) is 0 Å². The van der Waals surface area contributed by atoms with Crippen molar-refractivity contribution in [1.29, 1.82) is 10.5 Å². The number of hydrogen-bond acceptors (Lipinski definition) is 3. The molecule has 3 heterocycles.